The van der Waals surface area contributed by atoms with Gasteiger partial charge >= 0.3 is 0 Å². The summed E-state index contributed by atoms with van der Waals surface area (Å²) in [7, 11) is -1.87. The molecule has 232 valence electrons. The Labute approximate surface area is 270 Å². The maximum absolute atomic E-state index is 5.03. The molecule has 44 heavy (non-hydrogen) atoms. The van der Waals surface area contributed by atoms with Gasteiger partial charge in [0, 0.05) is 15.6 Å². The minimum atomic E-state index is -1.87. The molecule has 5 aromatic rings. The second-order valence-corrected chi connectivity index (χ2v) is 21.4. The SMILES string of the molecule is CC(C)C[Si](CC(C)C)(CC(C)C)c1cc(-c2ncnc3c2sc2cc(C4CCC(C)(C)CC4)ccc23)cc2ccccc12. The van der Waals surface area contributed by atoms with Gasteiger partial charge in [0.15, 0.2) is 0 Å². The fraction of sp³-hybridized carbons (Fsp3) is 0.500. The van der Waals surface area contributed by atoms with E-state index in [4.69, 9.17) is 9.97 Å². The van der Waals surface area contributed by atoms with Crippen LogP contribution >= 0.6 is 11.3 Å². The molecule has 0 spiro atoms. The molecule has 0 unspecified atom stereocenters. The van der Waals surface area contributed by atoms with Crippen molar-refractivity contribution in [2.75, 3.05) is 0 Å². The summed E-state index contributed by atoms with van der Waals surface area (Å²) in [5.41, 5.74) is 5.47. The van der Waals surface area contributed by atoms with E-state index >= 15 is 0 Å². The third-order valence-corrected chi connectivity index (χ3v) is 17.7. The quantitative estimate of drug-likeness (QED) is 0.153. The minimum absolute atomic E-state index is 0.487. The Morgan fingerprint density at radius 1 is 0.795 bits per heavy atom. The summed E-state index contributed by atoms with van der Waals surface area (Å²) in [6, 6.07) is 25.4. The van der Waals surface area contributed by atoms with Crippen molar-refractivity contribution in [3.8, 4) is 11.3 Å². The van der Waals surface area contributed by atoms with Crippen molar-refractivity contribution >= 4 is 55.7 Å². The number of benzene rings is 3. The van der Waals surface area contributed by atoms with Crippen molar-refractivity contribution in [2.24, 2.45) is 23.2 Å². The molecule has 0 aliphatic heterocycles. The van der Waals surface area contributed by atoms with Crippen LogP contribution in [0.3, 0.4) is 0 Å². The van der Waals surface area contributed by atoms with Gasteiger partial charge in [-0.05, 0) is 83.2 Å². The van der Waals surface area contributed by atoms with E-state index in [2.05, 4.69) is 110 Å². The summed E-state index contributed by atoms with van der Waals surface area (Å²) in [5.74, 6) is 2.71. The summed E-state index contributed by atoms with van der Waals surface area (Å²) in [4.78, 5) is 9.90. The zero-order valence-corrected chi connectivity index (χ0v) is 30.2. The van der Waals surface area contributed by atoms with Gasteiger partial charge in [-0.15, -0.1) is 11.3 Å². The van der Waals surface area contributed by atoms with Crippen LogP contribution in [0.1, 0.15) is 92.6 Å². The van der Waals surface area contributed by atoms with Crippen LogP contribution in [0.25, 0.3) is 42.3 Å². The summed E-state index contributed by atoms with van der Waals surface area (Å²) < 4.78 is 2.59. The zero-order valence-electron chi connectivity index (χ0n) is 28.3. The highest BCUT2D eigenvalue weighted by atomic mass is 32.1. The first kappa shape index (κ1) is 31.4. The van der Waals surface area contributed by atoms with E-state index in [1.807, 2.05) is 11.3 Å². The number of hydrogen-bond acceptors (Lipinski definition) is 3. The maximum atomic E-state index is 5.03. The molecule has 0 bridgehead atoms. The van der Waals surface area contributed by atoms with E-state index in [0.717, 1.165) is 11.2 Å². The number of fused-ring (bicyclic) bond motifs is 4. The van der Waals surface area contributed by atoms with Crippen molar-refractivity contribution in [1.82, 2.24) is 9.97 Å². The van der Waals surface area contributed by atoms with Gasteiger partial charge in [-0.3, -0.25) is 0 Å². The Morgan fingerprint density at radius 3 is 2.11 bits per heavy atom. The monoisotopic (exact) mass is 620 g/mol. The van der Waals surface area contributed by atoms with Gasteiger partial charge in [0.25, 0.3) is 0 Å². The molecule has 1 fully saturated rings. The highest BCUT2D eigenvalue weighted by molar-refractivity contribution is 7.26. The molecular weight excluding hydrogens is 569 g/mol. The number of aromatic nitrogens is 2. The van der Waals surface area contributed by atoms with Crippen molar-refractivity contribution in [1.29, 1.82) is 0 Å². The van der Waals surface area contributed by atoms with Crippen molar-refractivity contribution in [2.45, 2.75) is 105 Å². The molecule has 0 radical (unpaired) electrons. The average Bonchev–Trinajstić information content (AvgIpc) is 3.33. The maximum Gasteiger partial charge on any atom is 0.116 e. The average molecular weight is 621 g/mol. The molecule has 0 atom stereocenters. The van der Waals surface area contributed by atoms with E-state index < -0.39 is 8.07 Å². The van der Waals surface area contributed by atoms with Crippen molar-refractivity contribution in [3.63, 3.8) is 0 Å². The van der Waals surface area contributed by atoms with Crippen LogP contribution in [0.4, 0.5) is 0 Å². The first-order valence-corrected chi connectivity index (χ1v) is 20.6. The molecule has 4 heteroatoms. The highest BCUT2D eigenvalue weighted by Crippen LogP contribution is 2.45. The molecule has 1 aliphatic carbocycles. The fourth-order valence-electron chi connectivity index (χ4n) is 8.59. The number of rotatable bonds is 9. The number of nitrogens with zero attached hydrogens (tertiary/aromatic N) is 2. The molecule has 2 nitrogen and oxygen atoms in total. The minimum Gasteiger partial charge on any atom is -0.235 e. The van der Waals surface area contributed by atoms with Gasteiger partial charge in [0.05, 0.1) is 24.0 Å². The van der Waals surface area contributed by atoms with Gasteiger partial charge in [0.2, 0.25) is 0 Å². The Kier molecular flexibility index (Phi) is 8.80. The third-order valence-electron chi connectivity index (χ3n) is 10.2. The Morgan fingerprint density at radius 2 is 1.45 bits per heavy atom. The van der Waals surface area contributed by atoms with Gasteiger partial charge in [-0.2, -0.15) is 0 Å². The van der Waals surface area contributed by atoms with Gasteiger partial charge in [0.1, 0.15) is 6.33 Å². The number of hydrogen-bond donors (Lipinski definition) is 0. The molecule has 1 saturated carbocycles. The van der Waals surface area contributed by atoms with E-state index in [9.17, 15) is 0 Å². The molecule has 3 aromatic carbocycles. The summed E-state index contributed by atoms with van der Waals surface area (Å²) in [6.45, 7) is 19.5. The zero-order chi connectivity index (χ0) is 31.2. The molecule has 2 heterocycles. The summed E-state index contributed by atoms with van der Waals surface area (Å²) in [6.07, 6.45) is 7.03. The van der Waals surface area contributed by atoms with Crippen LogP contribution in [0.5, 0.6) is 0 Å². The smallest absolute Gasteiger partial charge is 0.116 e. The van der Waals surface area contributed by atoms with E-state index in [-0.39, 0.29) is 0 Å². The van der Waals surface area contributed by atoms with Gasteiger partial charge in [-0.1, -0.05) is 121 Å². The Balaban J connectivity index is 1.52. The third kappa shape index (κ3) is 6.26. The van der Waals surface area contributed by atoms with Crippen LogP contribution in [-0.4, -0.2) is 18.0 Å². The predicted octanol–water partition coefficient (Wildman–Crippen LogP) is 12.0. The van der Waals surface area contributed by atoms with Crippen LogP contribution < -0.4 is 5.19 Å². The largest absolute Gasteiger partial charge is 0.235 e. The molecule has 0 amide bonds. The van der Waals surface area contributed by atoms with Crippen LogP contribution in [0.2, 0.25) is 18.1 Å². The van der Waals surface area contributed by atoms with Gasteiger partial charge < -0.3 is 0 Å². The van der Waals surface area contributed by atoms with Crippen molar-refractivity contribution < 1.29 is 0 Å². The lowest BCUT2D eigenvalue weighted by Gasteiger charge is -2.38. The van der Waals surface area contributed by atoms with Crippen molar-refractivity contribution in [3.05, 3.63) is 66.5 Å². The lowest BCUT2D eigenvalue weighted by molar-refractivity contribution is 0.224. The lowest BCUT2D eigenvalue weighted by atomic mass is 9.71. The molecule has 6 rings (SSSR count). The highest BCUT2D eigenvalue weighted by Gasteiger charge is 2.38. The number of thiophene rings is 1. The van der Waals surface area contributed by atoms with E-state index in [1.165, 1.54) is 80.5 Å². The first-order valence-electron chi connectivity index (χ1n) is 17.2. The second kappa shape index (κ2) is 12.3. The van der Waals surface area contributed by atoms with Crippen LogP contribution in [0, 0.1) is 23.2 Å². The summed E-state index contributed by atoms with van der Waals surface area (Å²) in [5, 5.41) is 5.74. The lowest BCUT2D eigenvalue weighted by Crippen LogP contribution is -2.51. The van der Waals surface area contributed by atoms with Crippen LogP contribution in [-0.2, 0) is 0 Å². The van der Waals surface area contributed by atoms with Crippen LogP contribution in [0.15, 0.2) is 60.9 Å². The van der Waals surface area contributed by atoms with Gasteiger partial charge in [-0.25, -0.2) is 9.97 Å². The molecule has 1 aliphatic rings. The molecule has 0 saturated heterocycles. The van der Waals surface area contributed by atoms with E-state index in [1.54, 1.807) is 11.5 Å². The topological polar surface area (TPSA) is 25.8 Å². The normalized spacial score (nSPS) is 16.3. The van der Waals surface area contributed by atoms with E-state index in [0.29, 0.717) is 29.1 Å². The fourth-order valence-corrected chi connectivity index (χ4v) is 16.9. The first-order chi connectivity index (χ1) is 20.9. The summed E-state index contributed by atoms with van der Waals surface area (Å²) >= 11 is 1.90. The molecular formula is C40H52N2SSi. The Bertz CT molecular complexity index is 1740. The Hall–Kier alpha value is -2.56. The second-order valence-electron chi connectivity index (χ2n) is 16.0. The standard InChI is InChI=1S/C40H52N2SSi/c1-26(2)22-44(23-27(3)4,24-28(5)6)36-21-32(19-31-11-9-10-12-33(31)36)37-39-38(42-25-41-37)34-14-13-30(20-35(34)43-39)29-15-17-40(7,8)18-16-29/h9-14,19-21,25-29H,15-18,22-24H2,1-8H3. The molecule has 2 aromatic heterocycles. The molecule has 0 N–H and O–H groups in total. The predicted molar refractivity (Wildman–Crippen MR) is 197 cm³/mol.